The zero-order valence-corrected chi connectivity index (χ0v) is 8.96. The molecule has 0 amide bonds. The summed E-state index contributed by atoms with van der Waals surface area (Å²) in [6.07, 6.45) is 0. The van der Waals surface area contributed by atoms with Crippen LogP contribution in [0.15, 0.2) is 18.2 Å². The molecule has 1 atom stereocenters. The van der Waals surface area contributed by atoms with E-state index < -0.39 is 0 Å². The molecule has 0 aromatic heterocycles. The van der Waals surface area contributed by atoms with Crippen LogP contribution in [0.2, 0.25) is 0 Å². The van der Waals surface area contributed by atoms with Gasteiger partial charge in [-0.25, -0.2) is 4.39 Å². The van der Waals surface area contributed by atoms with Crippen molar-refractivity contribution in [2.24, 2.45) is 0 Å². The summed E-state index contributed by atoms with van der Waals surface area (Å²) in [5.74, 6) is 0.207. The lowest BCUT2D eigenvalue weighted by atomic mass is 10.2. The number of rotatable bonds is 5. The SMILES string of the molecule is COc1ccc(CNC(C)CO)c(F)c1. The average molecular weight is 213 g/mol. The highest BCUT2D eigenvalue weighted by atomic mass is 19.1. The summed E-state index contributed by atoms with van der Waals surface area (Å²) in [4.78, 5) is 0. The van der Waals surface area contributed by atoms with Crippen LogP contribution in [0.3, 0.4) is 0 Å². The topological polar surface area (TPSA) is 41.5 Å². The Balaban J connectivity index is 2.62. The smallest absolute Gasteiger partial charge is 0.131 e. The van der Waals surface area contributed by atoms with Crippen molar-refractivity contribution in [3.8, 4) is 5.75 Å². The van der Waals surface area contributed by atoms with Gasteiger partial charge in [-0.1, -0.05) is 6.07 Å². The molecule has 1 aromatic rings. The van der Waals surface area contributed by atoms with Gasteiger partial charge in [0.05, 0.1) is 13.7 Å². The molecule has 1 aromatic carbocycles. The number of hydrogen-bond donors (Lipinski definition) is 2. The Morgan fingerprint density at radius 1 is 1.53 bits per heavy atom. The maximum Gasteiger partial charge on any atom is 0.131 e. The Hall–Kier alpha value is -1.13. The lowest BCUT2D eigenvalue weighted by molar-refractivity contribution is 0.250. The average Bonchev–Trinajstić information content (AvgIpc) is 2.26. The van der Waals surface area contributed by atoms with Gasteiger partial charge in [0.1, 0.15) is 11.6 Å². The second-order valence-corrected chi connectivity index (χ2v) is 3.42. The van der Waals surface area contributed by atoms with Crippen molar-refractivity contribution < 1.29 is 14.2 Å². The fraction of sp³-hybridized carbons (Fsp3) is 0.455. The molecule has 2 N–H and O–H groups in total. The molecule has 0 aliphatic carbocycles. The third kappa shape index (κ3) is 3.49. The summed E-state index contributed by atoms with van der Waals surface area (Å²) in [6, 6.07) is 4.70. The molecular weight excluding hydrogens is 197 g/mol. The number of hydrogen-bond acceptors (Lipinski definition) is 3. The van der Waals surface area contributed by atoms with Gasteiger partial charge in [0, 0.05) is 24.2 Å². The van der Waals surface area contributed by atoms with Crippen molar-refractivity contribution >= 4 is 0 Å². The van der Waals surface area contributed by atoms with Crippen molar-refractivity contribution in [1.82, 2.24) is 5.32 Å². The van der Waals surface area contributed by atoms with Crippen LogP contribution >= 0.6 is 0 Å². The highest BCUT2D eigenvalue weighted by Crippen LogP contribution is 2.15. The minimum atomic E-state index is -0.299. The first kappa shape index (κ1) is 11.9. The van der Waals surface area contributed by atoms with Gasteiger partial charge in [0.15, 0.2) is 0 Å². The normalized spacial score (nSPS) is 12.5. The highest BCUT2D eigenvalue weighted by Gasteiger charge is 2.05. The summed E-state index contributed by atoms with van der Waals surface area (Å²) in [5.41, 5.74) is 0.566. The number of aliphatic hydroxyl groups excluding tert-OH is 1. The first-order valence-corrected chi connectivity index (χ1v) is 4.84. The van der Waals surface area contributed by atoms with E-state index in [0.29, 0.717) is 17.9 Å². The number of ether oxygens (including phenoxy) is 1. The lowest BCUT2D eigenvalue weighted by Crippen LogP contribution is -2.28. The summed E-state index contributed by atoms with van der Waals surface area (Å²) < 4.78 is 18.3. The monoisotopic (exact) mass is 213 g/mol. The van der Waals surface area contributed by atoms with Crippen molar-refractivity contribution in [2.75, 3.05) is 13.7 Å². The first-order chi connectivity index (χ1) is 7.17. The van der Waals surface area contributed by atoms with Crippen LogP contribution in [0.25, 0.3) is 0 Å². The van der Waals surface area contributed by atoms with E-state index in [1.165, 1.54) is 13.2 Å². The van der Waals surface area contributed by atoms with Gasteiger partial charge in [0.2, 0.25) is 0 Å². The van der Waals surface area contributed by atoms with E-state index in [4.69, 9.17) is 9.84 Å². The van der Waals surface area contributed by atoms with Crippen LogP contribution in [0.4, 0.5) is 4.39 Å². The molecule has 0 heterocycles. The van der Waals surface area contributed by atoms with E-state index in [1.807, 2.05) is 6.92 Å². The van der Waals surface area contributed by atoms with Gasteiger partial charge < -0.3 is 15.2 Å². The van der Waals surface area contributed by atoms with Gasteiger partial charge in [-0.3, -0.25) is 0 Å². The third-order valence-electron chi connectivity index (χ3n) is 2.18. The maximum absolute atomic E-state index is 13.4. The van der Waals surface area contributed by atoms with Crippen LogP contribution < -0.4 is 10.1 Å². The molecule has 1 rings (SSSR count). The molecule has 0 spiro atoms. The number of halogens is 1. The van der Waals surface area contributed by atoms with Crippen molar-refractivity contribution in [2.45, 2.75) is 19.5 Å². The van der Waals surface area contributed by atoms with Crippen LogP contribution in [-0.4, -0.2) is 24.9 Å². The Bertz CT molecular complexity index is 317. The van der Waals surface area contributed by atoms with E-state index in [9.17, 15) is 4.39 Å². The quantitative estimate of drug-likeness (QED) is 0.774. The van der Waals surface area contributed by atoms with E-state index in [0.717, 1.165) is 0 Å². The molecule has 0 aliphatic rings. The fourth-order valence-corrected chi connectivity index (χ4v) is 1.15. The largest absolute Gasteiger partial charge is 0.497 e. The number of benzene rings is 1. The van der Waals surface area contributed by atoms with Gasteiger partial charge in [-0.2, -0.15) is 0 Å². The molecule has 0 saturated heterocycles. The first-order valence-electron chi connectivity index (χ1n) is 4.84. The fourth-order valence-electron chi connectivity index (χ4n) is 1.15. The van der Waals surface area contributed by atoms with Gasteiger partial charge >= 0.3 is 0 Å². The van der Waals surface area contributed by atoms with E-state index in [2.05, 4.69) is 5.32 Å². The lowest BCUT2D eigenvalue weighted by Gasteiger charge is -2.11. The standard InChI is InChI=1S/C11H16FNO2/c1-8(7-14)13-6-9-3-4-10(15-2)5-11(9)12/h3-5,8,13-14H,6-7H2,1-2H3. The minimum Gasteiger partial charge on any atom is -0.497 e. The molecule has 4 heteroatoms. The Labute approximate surface area is 88.9 Å². The Morgan fingerprint density at radius 2 is 2.27 bits per heavy atom. The van der Waals surface area contributed by atoms with Crippen molar-refractivity contribution in [3.05, 3.63) is 29.6 Å². The molecule has 3 nitrogen and oxygen atoms in total. The molecule has 15 heavy (non-hydrogen) atoms. The third-order valence-corrected chi connectivity index (χ3v) is 2.18. The van der Waals surface area contributed by atoms with Crippen molar-refractivity contribution in [3.63, 3.8) is 0 Å². The Kier molecular flexibility index (Phi) is 4.52. The zero-order chi connectivity index (χ0) is 11.3. The van der Waals surface area contributed by atoms with Crippen molar-refractivity contribution in [1.29, 1.82) is 0 Å². The highest BCUT2D eigenvalue weighted by molar-refractivity contribution is 5.28. The second-order valence-electron chi connectivity index (χ2n) is 3.42. The molecule has 1 unspecified atom stereocenters. The zero-order valence-electron chi connectivity index (χ0n) is 8.96. The summed E-state index contributed by atoms with van der Waals surface area (Å²) in [7, 11) is 1.50. The predicted molar refractivity (Wildman–Crippen MR) is 56.3 cm³/mol. The molecule has 0 aliphatic heterocycles. The van der Waals surface area contributed by atoms with E-state index in [1.54, 1.807) is 12.1 Å². The van der Waals surface area contributed by atoms with Crippen LogP contribution in [-0.2, 0) is 6.54 Å². The number of aliphatic hydroxyl groups is 1. The van der Waals surface area contributed by atoms with Crippen LogP contribution in [0, 0.1) is 5.82 Å². The number of nitrogens with one attached hydrogen (secondary N) is 1. The van der Waals surface area contributed by atoms with E-state index >= 15 is 0 Å². The Morgan fingerprint density at radius 3 is 2.80 bits per heavy atom. The van der Waals surface area contributed by atoms with E-state index in [-0.39, 0.29) is 18.5 Å². The summed E-state index contributed by atoms with van der Waals surface area (Å²) in [5, 5.41) is 11.8. The van der Waals surface area contributed by atoms with Crippen LogP contribution in [0.1, 0.15) is 12.5 Å². The summed E-state index contributed by atoms with van der Waals surface area (Å²) >= 11 is 0. The van der Waals surface area contributed by atoms with Gasteiger partial charge in [-0.05, 0) is 13.0 Å². The molecular formula is C11H16FNO2. The molecule has 0 fully saturated rings. The van der Waals surface area contributed by atoms with Gasteiger partial charge in [-0.15, -0.1) is 0 Å². The summed E-state index contributed by atoms with van der Waals surface area (Å²) in [6.45, 7) is 2.27. The molecule has 0 bridgehead atoms. The minimum absolute atomic E-state index is 0.0356. The molecule has 84 valence electrons. The van der Waals surface area contributed by atoms with Crippen LogP contribution in [0.5, 0.6) is 5.75 Å². The van der Waals surface area contributed by atoms with Gasteiger partial charge in [0.25, 0.3) is 0 Å². The maximum atomic E-state index is 13.4. The number of methoxy groups -OCH3 is 1. The second kappa shape index (κ2) is 5.68. The molecule has 0 radical (unpaired) electrons. The predicted octanol–water partition coefficient (Wildman–Crippen LogP) is 1.30. The molecule has 0 saturated carbocycles.